The van der Waals surface area contributed by atoms with Crippen molar-refractivity contribution in [3.05, 3.63) is 0 Å². The number of carbonyl (C=O) groups excluding carboxylic acids is 1. The van der Waals surface area contributed by atoms with E-state index in [1.807, 2.05) is 13.8 Å². The Morgan fingerprint density at radius 1 is 1.50 bits per heavy atom. The highest BCUT2D eigenvalue weighted by Gasteiger charge is 2.45. The summed E-state index contributed by atoms with van der Waals surface area (Å²) in [7, 11) is 0. The maximum atomic E-state index is 12.0. The lowest BCUT2D eigenvalue weighted by molar-refractivity contribution is -0.173. The number of nitrogens with zero attached hydrogens (tertiary/aromatic N) is 1. The van der Waals surface area contributed by atoms with Crippen molar-refractivity contribution in [2.24, 2.45) is 5.41 Å². The molecular weight excluding hydrogens is 182 g/mol. The lowest BCUT2D eigenvalue weighted by Gasteiger charge is -2.42. The van der Waals surface area contributed by atoms with E-state index in [1.165, 1.54) is 0 Å². The van der Waals surface area contributed by atoms with Crippen LogP contribution in [0.15, 0.2) is 0 Å². The number of aliphatic hydroxyl groups is 1. The van der Waals surface area contributed by atoms with E-state index in [9.17, 15) is 4.79 Å². The number of hydrogen-bond acceptors (Lipinski definition) is 3. The van der Waals surface area contributed by atoms with Crippen LogP contribution in [0.3, 0.4) is 0 Å². The summed E-state index contributed by atoms with van der Waals surface area (Å²) in [5.41, 5.74) is -0.300. The highest BCUT2D eigenvalue weighted by Crippen LogP contribution is 2.33. The fourth-order valence-electron chi connectivity index (χ4n) is 1.69. The van der Waals surface area contributed by atoms with E-state index < -0.39 is 0 Å². The van der Waals surface area contributed by atoms with Gasteiger partial charge >= 0.3 is 0 Å². The van der Waals surface area contributed by atoms with Gasteiger partial charge in [-0.3, -0.25) is 4.79 Å². The van der Waals surface area contributed by atoms with Gasteiger partial charge in [0.15, 0.2) is 0 Å². The van der Waals surface area contributed by atoms with Crippen molar-refractivity contribution >= 4 is 5.91 Å². The number of aliphatic hydroxyl groups excluding tert-OH is 1. The van der Waals surface area contributed by atoms with E-state index in [4.69, 9.17) is 9.84 Å². The average molecular weight is 201 g/mol. The predicted octanol–water partition coefficient (Wildman–Crippen LogP) is 0.254. The van der Waals surface area contributed by atoms with Crippen LogP contribution in [0.1, 0.15) is 20.3 Å². The number of rotatable bonds is 5. The summed E-state index contributed by atoms with van der Waals surface area (Å²) in [6, 6.07) is 0. The second kappa shape index (κ2) is 4.75. The van der Waals surface area contributed by atoms with Gasteiger partial charge in [-0.1, -0.05) is 6.92 Å². The van der Waals surface area contributed by atoms with Gasteiger partial charge in [-0.05, 0) is 13.3 Å². The number of amides is 1. The van der Waals surface area contributed by atoms with Crippen molar-refractivity contribution in [1.29, 1.82) is 0 Å². The van der Waals surface area contributed by atoms with E-state index in [0.717, 1.165) is 6.42 Å². The first kappa shape index (κ1) is 11.5. The molecule has 4 heteroatoms. The minimum atomic E-state index is -0.300. The maximum Gasteiger partial charge on any atom is 0.233 e. The number of ether oxygens (including phenoxy) is 1. The molecule has 0 aromatic rings. The third kappa shape index (κ3) is 1.91. The molecule has 4 nitrogen and oxygen atoms in total. The van der Waals surface area contributed by atoms with Gasteiger partial charge in [0, 0.05) is 13.1 Å². The van der Waals surface area contributed by atoms with Crippen LogP contribution in [0.4, 0.5) is 0 Å². The molecule has 82 valence electrons. The molecule has 1 aliphatic rings. The van der Waals surface area contributed by atoms with E-state index in [1.54, 1.807) is 4.90 Å². The van der Waals surface area contributed by atoms with Crippen molar-refractivity contribution in [3.63, 3.8) is 0 Å². The van der Waals surface area contributed by atoms with Crippen LogP contribution in [0.25, 0.3) is 0 Å². The van der Waals surface area contributed by atoms with Crippen LogP contribution in [-0.4, -0.2) is 48.8 Å². The maximum absolute atomic E-state index is 12.0. The van der Waals surface area contributed by atoms with Crippen LogP contribution in [0.5, 0.6) is 0 Å². The molecule has 1 aliphatic heterocycles. The van der Waals surface area contributed by atoms with Crippen molar-refractivity contribution in [3.8, 4) is 0 Å². The van der Waals surface area contributed by atoms with Gasteiger partial charge in [0.05, 0.1) is 25.2 Å². The van der Waals surface area contributed by atoms with E-state index in [0.29, 0.717) is 26.3 Å². The standard InChI is InChI=1S/C10H19NO3/c1-3-10(7-14-8-10)9(13)11(4-2)5-6-12/h12H,3-8H2,1-2H3. The Labute approximate surface area is 84.8 Å². The van der Waals surface area contributed by atoms with Crippen LogP contribution >= 0.6 is 0 Å². The van der Waals surface area contributed by atoms with Gasteiger partial charge < -0.3 is 14.7 Å². The molecule has 1 fully saturated rings. The molecule has 0 spiro atoms. The Bertz CT molecular complexity index is 196. The van der Waals surface area contributed by atoms with Crippen LogP contribution in [-0.2, 0) is 9.53 Å². The van der Waals surface area contributed by atoms with Gasteiger partial charge in [-0.2, -0.15) is 0 Å². The zero-order valence-corrected chi connectivity index (χ0v) is 8.95. The third-order valence-electron chi connectivity index (χ3n) is 2.93. The Morgan fingerprint density at radius 3 is 2.43 bits per heavy atom. The molecule has 0 aromatic heterocycles. The number of carbonyl (C=O) groups is 1. The average Bonchev–Trinajstić information content (AvgIpc) is 2.13. The van der Waals surface area contributed by atoms with E-state index >= 15 is 0 Å². The topological polar surface area (TPSA) is 49.8 Å². The summed E-state index contributed by atoms with van der Waals surface area (Å²) in [6.45, 7) is 6.11. The highest BCUT2D eigenvalue weighted by atomic mass is 16.5. The first-order chi connectivity index (χ1) is 6.70. The Morgan fingerprint density at radius 2 is 2.14 bits per heavy atom. The molecule has 0 saturated carbocycles. The van der Waals surface area contributed by atoms with Crippen molar-refractivity contribution < 1.29 is 14.6 Å². The fraction of sp³-hybridized carbons (Fsp3) is 0.900. The lowest BCUT2D eigenvalue weighted by Crippen LogP contribution is -2.55. The molecule has 1 rings (SSSR count). The largest absolute Gasteiger partial charge is 0.395 e. The second-order valence-electron chi connectivity index (χ2n) is 3.74. The smallest absolute Gasteiger partial charge is 0.233 e. The number of hydrogen-bond donors (Lipinski definition) is 1. The molecule has 1 amide bonds. The van der Waals surface area contributed by atoms with Crippen LogP contribution in [0.2, 0.25) is 0 Å². The normalized spacial score (nSPS) is 18.8. The molecule has 0 radical (unpaired) electrons. The summed E-state index contributed by atoms with van der Waals surface area (Å²) < 4.78 is 5.11. The molecule has 0 unspecified atom stereocenters. The summed E-state index contributed by atoms with van der Waals surface area (Å²) in [6.07, 6.45) is 0.813. The molecule has 0 bridgehead atoms. The molecule has 0 aromatic carbocycles. The monoisotopic (exact) mass is 201 g/mol. The van der Waals surface area contributed by atoms with Gasteiger partial charge in [0.25, 0.3) is 0 Å². The van der Waals surface area contributed by atoms with Crippen LogP contribution in [0, 0.1) is 5.41 Å². The quantitative estimate of drug-likeness (QED) is 0.694. The van der Waals surface area contributed by atoms with Crippen molar-refractivity contribution in [1.82, 2.24) is 4.90 Å². The van der Waals surface area contributed by atoms with Gasteiger partial charge in [-0.15, -0.1) is 0 Å². The summed E-state index contributed by atoms with van der Waals surface area (Å²) in [5, 5.41) is 8.82. The SMILES string of the molecule is CCN(CCO)C(=O)C1(CC)COC1. The van der Waals surface area contributed by atoms with E-state index in [2.05, 4.69) is 0 Å². The minimum absolute atomic E-state index is 0.0280. The van der Waals surface area contributed by atoms with Crippen LogP contribution < -0.4 is 0 Å². The first-order valence-corrected chi connectivity index (χ1v) is 5.18. The van der Waals surface area contributed by atoms with E-state index in [-0.39, 0.29) is 17.9 Å². The molecule has 14 heavy (non-hydrogen) atoms. The summed E-state index contributed by atoms with van der Waals surface area (Å²) >= 11 is 0. The first-order valence-electron chi connectivity index (χ1n) is 5.18. The minimum Gasteiger partial charge on any atom is -0.395 e. The highest BCUT2D eigenvalue weighted by molar-refractivity contribution is 5.83. The summed E-state index contributed by atoms with van der Waals surface area (Å²) in [5.74, 6) is 0.128. The Hall–Kier alpha value is -0.610. The Balaban J connectivity index is 2.60. The molecule has 0 atom stereocenters. The fourth-order valence-corrected chi connectivity index (χ4v) is 1.69. The van der Waals surface area contributed by atoms with Gasteiger partial charge in [-0.25, -0.2) is 0 Å². The van der Waals surface area contributed by atoms with Crippen molar-refractivity contribution in [2.75, 3.05) is 32.9 Å². The van der Waals surface area contributed by atoms with Gasteiger partial charge in [0.1, 0.15) is 0 Å². The molecule has 1 heterocycles. The number of likely N-dealkylation sites (N-methyl/N-ethyl adjacent to an activating group) is 1. The molecule has 1 saturated heterocycles. The molecule has 0 aliphatic carbocycles. The third-order valence-corrected chi connectivity index (χ3v) is 2.93. The molecular formula is C10H19NO3. The van der Waals surface area contributed by atoms with Crippen molar-refractivity contribution in [2.45, 2.75) is 20.3 Å². The lowest BCUT2D eigenvalue weighted by atomic mass is 9.81. The Kier molecular flexibility index (Phi) is 3.89. The predicted molar refractivity (Wildman–Crippen MR) is 52.9 cm³/mol. The zero-order chi connectivity index (χ0) is 10.6. The zero-order valence-electron chi connectivity index (χ0n) is 8.95. The molecule has 1 N–H and O–H groups in total. The van der Waals surface area contributed by atoms with Gasteiger partial charge in [0.2, 0.25) is 5.91 Å². The summed E-state index contributed by atoms with van der Waals surface area (Å²) in [4.78, 5) is 13.7. The second-order valence-corrected chi connectivity index (χ2v) is 3.74.